The summed E-state index contributed by atoms with van der Waals surface area (Å²) in [6.45, 7) is 0. The second kappa shape index (κ2) is 3.21. The van der Waals surface area contributed by atoms with Crippen LogP contribution in [0.1, 0.15) is 5.56 Å². The van der Waals surface area contributed by atoms with Crippen LogP contribution in [0, 0.1) is 0 Å². The van der Waals surface area contributed by atoms with Gasteiger partial charge in [0.2, 0.25) is 0 Å². The molecule has 1 heterocycles. The summed E-state index contributed by atoms with van der Waals surface area (Å²) < 4.78 is 0. The molecule has 4 nitrogen and oxygen atoms in total. The van der Waals surface area contributed by atoms with Crippen LogP contribution in [-0.2, 0) is 6.42 Å². The molecule has 1 aliphatic rings. The lowest BCUT2D eigenvalue weighted by molar-refractivity contribution is 0.698. The quantitative estimate of drug-likeness (QED) is 0.637. The van der Waals surface area contributed by atoms with E-state index in [-0.39, 0.29) is 6.17 Å². The van der Waals surface area contributed by atoms with Crippen LogP contribution in [0.4, 0.5) is 0 Å². The maximum atomic E-state index is 3.82. The zero-order valence-corrected chi connectivity index (χ0v) is 6.46. The topological polar surface area (TPSA) is 49.4 Å². The Balaban J connectivity index is 2.04. The third-order valence-corrected chi connectivity index (χ3v) is 1.67. The summed E-state index contributed by atoms with van der Waals surface area (Å²) in [4.78, 5) is 0. The van der Waals surface area contributed by atoms with Crippen molar-refractivity contribution in [2.45, 2.75) is 12.6 Å². The van der Waals surface area contributed by atoms with Crippen LogP contribution in [0.25, 0.3) is 0 Å². The Morgan fingerprint density at radius 2 is 1.67 bits per heavy atom. The molecule has 1 aliphatic heterocycles. The molecule has 0 amide bonds. The Kier molecular flexibility index (Phi) is 1.90. The molecule has 0 saturated heterocycles. The summed E-state index contributed by atoms with van der Waals surface area (Å²) in [5.41, 5.74) is 1.21. The molecule has 2 rings (SSSR count). The Morgan fingerprint density at radius 1 is 1.00 bits per heavy atom. The fourth-order valence-electron chi connectivity index (χ4n) is 1.10. The highest BCUT2D eigenvalue weighted by atomic mass is 15.6. The van der Waals surface area contributed by atoms with Crippen LogP contribution in [0.3, 0.4) is 0 Å². The van der Waals surface area contributed by atoms with Gasteiger partial charge in [0.05, 0.1) is 0 Å². The zero-order valence-electron chi connectivity index (χ0n) is 6.46. The number of hydrogen-bond acceptors (Lipinski definition) is 4. The van der Waals surface area contributed by atoms with Crippen LogP contribution in [0.15, 0.2) is 51.0 Å². The molecule has 0 aliphatic carbocycles. The first-order valence-corrected chi connectivity index (χ1v) is 3.79. The zero-order chi connectivity index (χ0) is 8.23. The Hall–Kier alpha value is -1.58. The van der Waals surface area contributed by atoms with E-state index >= 15 is 0 Å². The van der Waals surface area contributed by atoms with E-state index in [1.165, 1.54) is 5.56 Å². The smallest absolute Gasteiger partial charge is 0.138 e. The van der Waals surface area contributed by atoms with Crippen molar-refractivity contribution >= 4 is 0 Å². The molecule has 0 spiro atoms. The molecule has 0 aromatic heterocycles. The van der Waals surface area contributed by atoms with Crippen molar-refractivity contribution in [1.29, 1.82) is 0 Å². The van der Waals surface area contributed by atoms with Crippen molar-refractivity contribution < 1.29 is 0 Å². The van der Waals surface area contributed by atoms with Gasteiger partial charge in [-0.2, -0.15) is 0 Å². The van der Waals surface area contributed by atoms with Crippen molar-refractivity contribution in [3.63, 3.8) is 0 Å². The second-order valence-electron chi connectivity index (χ2n) is 2.58. The molecule has 0 bridgehead atoms. The van der Waals surface area contributed by atoms with Gasteiger partial charge in [-0.1, -0.05) is 30.3 Å². The Morgan fingerprint density at radius 3 is 2.33 bits per heavy atom. The number of hydrogen-bond donors (Lipinski definition) is 0. The molecule has 0 fully saturated rings. The maximum absolute atomic E-state index is 3.82. The SMILES string of the molecule is c1ccc(CC2N=NN=N2)cc1. The molecule has 4 heteroatoms. The Labute approximate surface area is 70.0 Å². The summed E-state index contributed by atoms with van der Waals surface area (Å²) in [6, 6.07) is 10.1. The average molecular weight is 160 g/mol. The minimum Gasteiger partial charge on any atom is -0.138 e. The predicted molar refractivity (Wildman–Crippen MR) is 43.6 cm³/mol. The minimum absolute atomic E-state index is 0.104. The minimum atomic E-state index is -0.104. The van der Waals surface area contributed by atoms with E-state index in [1.54, 1.807) is 0 Å². The van der Waals surface area contributed by atoms with Gasteiger partial charge >= 0.3 is 0 Å². The van der Waals surface area contributed by atoms with Gasteiger partial charge in [-0.3, -0.25) is 0 Å². The van der Waals surface area contributed by atoms with Crippen molar-refractivity contribution in [1.82, 2.24) is 0 Å². The van der Waals surface area contributed by atoms with Crippen LogP contribution in [-0.4, -0.2) is 6.17 Å². The lowest BCUT2D eigenvalue weighted by atomic mass is 10.1. The summed E-state index contributed by atoms with van der Waals surface area (Å²) in [6.07, 6.45) is 0.681. The van der Waals surface area contributed by atoms with Crippen molar-refractivity contribution in [2.75, 3.05) is 0 Å². The van der Waals surface area contributed by atoms with Crippen LogP contribution in [0.2, 0.25) is 0 Å². The highest BCUT2D eigenvalue weighted by Crippen LogP contribution is 2.11. The number of benzene rings is 1. The van der Waals surface area contributed by atoms with E-state index < -0.39 is 0 Å². The molecule has 0 saturated carbocycles. The molecule has 0 unspecified atom stereocenters. The molecule has 0 atom stereocenters. The van der Waals surface area contributed by atoms with E-state index in [1.807, 2.05) is 30.3 Å². The molecular formula is C8H8N4. The molecule has 12 heavy (non-hydrogen) atoms. The van der Waals surface area contributed by atoms with Gasteiger partial charge in [0.1, 0.15) is 0 Å². The van der Waals surface area contributed by atoms with Crippen LogP contribution < -0.4 is 0 Å². The van der Waals surface area contributed by atoms with Gasteiger partial charge in [0.25, 0.3) is 0 Å². The number of nitrogens with zero attached hydrogens (tertiary/aromatic N) is 4. The van der Waals surface area contributed by atoms with E-state index in [2.05, 4.69) is 20.7 Å². The summed E-state index contributed by atoms with van der Waals surface area (Å²) >= 11 is 0. The molecule has 1 aromatic carbocycles. The monoisotopic (exact) mass is 160 g/mol. The molecule has 0 radical (unpaired) electrons. The van der Waals surface area contributed by atoms with Gasteiger partial charge in [0.15, 0.2) is 6.17 Å². The van der Waals surface area contributed by atoms with Gasteiger partial charge in [0, 0.05) is 6.42 Å². The van der Waals surface area contributed by atoms with Crippen LogP contribution >= 0.6 is 0 Å². The van der Waals surface area contributed by atoms with E-state index in [4.69, 9.17) is 0 Å². The summed E-state index contributed by atoms with van der Waals surface area (Å²) in [5, 5.41) is 14.5. The normalized spacial score (nSPS) is 15.7. The maximum Gasteiger partial charge on any atom is 0.189 e. The Bertz CT molecular complexity index is 292. The second-order valence-corrected chi connectivity index (χ2v) is 2.58. The lowest BCUT2D eigenvalue weighted by Crippen LogP contribution is -2.00. The molecular weight excluding hydrogens is 152 g/mol. The van der Waals surface area contributed by atoms with Crippen molar-refractivity contribution in [3.05, 3.63) is 35.9 Å². The van der Waals surface area contributed by atoms with Gasteiger partial charge in [-0.25, -0.2) is 0 Å². The molecule has 1 aromatic rings. The highest BCUT2D eigenvalue weighted by Gasteiger charge is 2.09. The van der Waals surface area contributed by atoms with E-state index in [9.17, 15) is 0 Å². The van der Waals surface area contributed by atoms with Gasteiger partial charge < -0.3 is 0 Å². The number of rotatable bonds is 2. The standard InChI is InChI=1S/C8H8N4/c1-2-4-7(5-3-1)6-8-9-11-12-10-8/h1-5,8H,6H2. The fourth-order valence-corrected chi connectivity index (χ4v) is 1.10. The first kappa shape index (κ1) is 7.09. The fraction of sp³-hybridized carbons (Fsp3) is 0.250. The summed E-state index contributed by atoms with van der Waals surface area (Å²) in [7, 11) is 0. The van der Waals surface area contributed by atoms with Crippen LogP contribution in [0.5, 0.6) is 0 Å². The average Bonchev–Trinajstić information content (AvgIpc) is 2.59. The van der Waals surface area contributed by atoms with E-state index in [0.29, 0.717) is 0 Å². The predicted octanol–water partition coefficient (Wildman–Crippen LogP) is 2.39. The molecule has 60 valence electrons. The van der Waals surface area contributed by atoms with Crippen molar-refractivity contribution in [2.24, 2.45) is 20.7 Å². The lowest BCUT2D eigenvalue weighted by Gasteiger charge is -1.99. The third kappa shape index (κ3) is 1.53. The third-order valence-electron chi connectivity index (χ3n) is 1.67. The summed E-state index contributed by atoms with van der Waals surface area (Å²) in [5.74, 6) is 0. The first-order chi connectivity index (χ1) is 5.95. The molecule has 0 N–H and O–H groups in total. The van der Waals surface area contributed by atoms with Gasteiger partial charge in [-0.15, -0.1) is 10.2 Å². The van der Waals surface area contributed by atoms with E-state index in [0.717, 1.165) is 6.42 Å². The largest absolute Gasteiger partial charge is 0.189 e. The highest BCUT2D eigenvalue weighted by molar-refractivity contribution is 5.15. The van der Waals surface area contributed by atoms with Crippen molar-refractivity contribution in [3.8, 4) is 0 Å². The van der Waals surface area contributed by atoms with Gasteiger partial charge in [-0.05, 0) is 16.0 Å². The first-order valence-electron chi connectivity index (χ1n) is 3.79.